The van der Waals surface area contributed by atoms with Crippen molar-refractivity contribution in [3.8, 4) is 0 Å². The Kier molecular flexibility index (Phi) is 4.65. The van der Waals surface area contributed by atoms with Crippen LogP contribution in [0.15, 0.2) is 18.2 Å². The number of nitrogens with two attached hydrogens (primary N) is 1. The summed E-state index contributed by atoms with van der Waals surface area (Å²) in [5.74, 6) is 0. The van der Waals surface area contributed by atoms with E-state index in [1.165, 1.54) is 49.0 Å². The molecule has 1 aromatic rings. The predicted octanol–water partition coefficient (Wildman–Crippen LogP) is 3.27. The zero-order valence-electron chi connectivity index (χ0n) is 11.8. The van der Waals surface area contributed by atoms with Gasteiger partial charge in [0.1, 0.15) is 0 Å². The van der Waals surface area contributed by atoms with Crippen LogP contribution in [-0.2, 0) is 6.42 Å². The first-order valence-electron chi connectivity index (χ1n) is 7.28. The van der Waals surface area contributed by atoms with Gasteiger partial charge in [0.05, 0.1) is 0 Å². The van der Waals surface area contributed by atoms with E-state index >= 15 is 0 Å². The smallest absolute Gasteiger partial charge is 0.0371 e. The van der Waals surface area contributed by atoms with E-state index in [0.717, 1.165) is 13.0 Å². The highest BCUT2D eigenvalue weighted by Crippen LogP contribution is 2.26. The van der Waals surface area contributed by atoms with E-state index in [9.17, 15) is 0 Å². The van der Waals surface area contributed by atoms with Gasteiger partial charge in [0.25, 0.3) is 0 Å². The van der Waals surface area contributed by atoms with Crippen LogP contribution in [0.25, 0.3) is 0 Å². The van der Waals surface area contributed by atoms with Crippen LogP contribution in [0.2, 0.25) is 0 Å². The molecule has 2 N–H and O–H groups in total. The van der Waals surface area contributed by atoms with Gasteiger partial charge in [-0.1, -0.05) is 18.9 Å². The zero-order valence-corrected chi connectivity index (χ0v) is 11.8. The Morgan fingerprint density at radius 1 is 1.28 bits per heavy atom. The zero-order chi connectivity index (χ0) is 13.0. The molecule has 0 aromatic heterocycles. The van der Waals surface area contributed by atoms with Crippen molar-refractivity contribution in [1.82, 2.24) is 0 Å². The maximum Gasteiger partial charge on any atom is 0.0371 e. The molecule has 1 fully saturated rings. The van der Waals surface area contributed by atoms with Crippen LogP contribution in [0, 0.1) is 6.92 Å². The van der Waals surface area contributed by atoms with E-state index in [1.54, 1.807) is 0 Å². The van der Waals surface area contributed by atoms with Gasteiger partial charge in [-0.25, -0.2) is 0 Å². The number of hydrogen-bond acceptors (Lipinski definition) is 2. The third kappa shape index (κ3) is 3.05. The minimum atomic E-state index is 0.673. The summed E-state index contributed by atoms with van der Waals surface area (Å²) in [5.41, 5.74) is 9.81. The van der Waals surface area contributed by atoms with Gasteiger partial charge in [-0.2, -0.15) is 0 Å². The van der Waals surface area contributed by atoms with Crippen molar-refractivity contribution in [3.63, 3.8) is 0 Å². The van der Waals surface area contributed by atoms with E-state index in [2.05, 4.69) is 36.9 Å². The fourth-order valence-electron chi connectivity index (χ4n) is 2.95. The number of hydrogen-bond donors (Lipinski definition) is 1. The molecule has 0 radical (unpaired) electrons. The number of nitrogens with zero attached hydrogens (tertiary/aromatic N) is 1. The molecule has 18 heavy (non-hydrogen) atoms. The molecule has 1 aliphatic heterocycles. The fraction of sp³-hybridized carbons (Fsp3) is 0.625. The van der Waals surface area contributed by atoms with Crippen molar-refractivity contribution in [2.24, 2.45) is 5.73 Å². The summed E-state index contributed by atoms with van der Waals surface area (Å²) in [6, 6.07) is 7.55. The lowest BCUT2D eigenvalue weighted by Gasteiger charge is -2.30. The number of benzene rings is 1. The normalized spacial score (nSPS) is 20.8. The second-order valence-electron chi connectivity index (χ2n) is 5.54. The average Bonchev–Trinajstić information content (AvgIpc) is 2.57. The summed E-state index contributed by atoms with van der Waals surface area (Å²) in [4.78, 5) is 2.58. The topological polar surface area (TPSA) is 29.3 Å². The molecule has 0 bridgehead atoms. The van der Waals surface area contributed by atoms with Crippen molar-refractivity contribution in [3.05, 3.63) is 29.3 Å². The molecule has 1 unspecified atom stereocenters. The largest absolute Gasteiger partial charge is 0.369 e. The maximum atomic E-state index is 5.64. The van der Waals surface area contributed by atoms with Crippen LogP contribution < -0.4 is 10.6 Å². The maximum absolute atomic E-state index is 5.64. The van der Waals surface area contributed by atoms with Gasteiger partial charge >= 0.3 is 0 Å². The molecular weight excluding hydrogens is 220 g/mol. The minimum absolute atomic E-state index is 0.673. The van der Waals surface area contributed by atoms with E-state index in [0.29, 0.717) is 6.04 Å². The lowest BCUT2D eigenvalue weighted by molar-refractivity contribution is 0.616. The van der Waals surface area contributed by atoms with E-state index in [1.807, 2.05) is 0 Å². The Labute approximate surface area is 111 Å². The highest BCUT2D eigenvalue weighted by molar-refractivity contribution is 5.51. The summed E-state index contributed by atoms with van der Waals surface area (Å²) < 4.78 is 0. The third-order valence-electron chi connectivity index (χ3n) is 4.12. The van der Waals surface area contributed by atoms with Crippen LogP contribution in [0.4, 0.5) is 5.69 Å². The van der Waals surface area contributed by atoms with Crippen LogP contribution in [-0.4, -0.2) is 19.1 Å². The number of rotatable bonds is 3. The molecule has 100 valence electrons. The summed E-state index contributed by atoms with van der Waals surface area (Å²) >= 11 is 0. The van der Waals surface area contributed by atoms with E-state index in [-0.39, 0.29) is 0 Å². The van der Waals surface area contributed by atoms with Crippen molar-refractivity contribution in [2.75, 3.05) is 18.0 Å². The second-order valence-corrected chi connectivity index (χ2v) is 5.54. The molecule has 1 atom stereocenters. The summed E-state index contributed by atoms with van der Waals surface area (Å²) in [5, 5.41) is 0. The molecule has 0 saturated carbocycles. The first-order valence-corrected chi connectivity index (χ1v) is 7.28. The number of aryl methyl sites for hydroxylation is 1. The molecule has 2 heteroatoms. The lowest BCUT2D eigenvalue weighted by atomic mass is 10.0. The molecule has 1 aromatic carbocycles. The van der Waals surface area contributed by atoms with Gasteiger partial charge in [0, 0.05) is 18.3 Å². The molecule has 2 rings (SSSR count). The fourth-order valence-corrected chi connectivity index (χ4v) is 2.95. The molecular formula is C16H26N2. The molecule has 1 aliphatic rings. The SMILES string of the molecule is Cc1cc(N2CCCCCC2C)ccc1CCN. The molecule has 0 spiro atoms. The minimum Gasteiger partial charge on any atom is -0.369 e. The van der Waals surface area contributed by atoms with Crippen LogP contribution >= 0.6 is 0 Å². The summed E-state index contributed by atoms with van der Waals surface area (Å²) in [6.45, 7) is 6.50. The Morgan fingerprint density at radius 3 is 2.83 bits per heavy atom. The van der Waals surface area contributed by atoms with Crippen LogP contribution in [0.5, 0.6) is 0 Å². The Bertz CT molecular complexity index is 387. The second kappa shape index (κ2) is 6.24. The average molecular weight is 246 g/mol. The Morgan fingerprint density at radius 2 is 2.11 bits per heavy atom. The number of anilines is 1. The van der Waals surface area contributed by atoms with Crippen LogP contribution in [0.3, 0.4) is 0 Å². The molecule has 0 aliphatic carbocycles. The monoisotopic (exact) mass is 246 g/mol. The standard InChI is InChI=1S/C16H26N2/c1-13-12-16(8-7-15(13)9-10-17)18-11-5-3-4-6-14(18)2/h7-8,12,14H,3-6,9-11,17H2,1-2H3. The first-order chi connectivity index (χ1) is 8.72. The lowest BCUT2D eigenvalue weighted by Crippen LogP contribution is -2.32. The van der Waals surface area contributed by atoms with Gasteiger partial charge in [0.2, 0.25) is 0 Å². The Hall–Kier alpha value is -1.02. The quantitative estimate of drug-likeness (QED) is 0.887. The van der Waals surface area contributed by atoms with Gasteiger partial charge in [-0.15, -0.1) is 0 Å². The van der Waals surface area contributed by atoms with Crippen molar-refractivity contribution < 1.29 is 0 Å². The van der Waals surface area contributed by atoms with Crippen molar-refractivity contribution in [1.29, 1.82) is 0 Å². The molecule has 1 saturated heterocycles. The van der Waals surface area contributed by atoms with Gasteiger partial charge < -0.3 is 10.6 Å². The summed E-state index contributed by atoms with van der Waals surface area (Å²) in [7, 11) is 0. The van der Waals surface area contributed by atoms with Crippen molar-refractivity contribution >= 4 is 5.69 Å². The van der Waals surface area contributed by atoms with E-state index < -0.39 is 0 Å². The molecule has 2 nitrogen and oxygen atoms in total. The van der Waals surface area contributed by atoms with Gasteiger partial charge in [-0.05, 0) is 62.9 Å². The highest BCUT2D eigenvalue weighted by atomic mass is 15.2. The van der Waals surface area contributed by atoms with Gasteiger partial charge in [-0.3, -0.25) is 0 Å². The van der Waals surface area contributed by atoms with Gasteiger partial charge in [0.15, 0.2) is 0 Å². The summed E-state index contributed by atoms with van der Waals surface area (Å²) in [6.07, 6.45) is 6.40. The Balaban J connectivity index is 2.19. The molecule has 1 heterocycles. The third-order valence-corrected chi connectivity index (χ3v) is 4.12. The van der Waals surface area contributed by atoms with Crippen LogP contribution in [0.1, 0.15) is 43.7 Å². The highest BCUT2D eigenvalue weighted by Gasteiger charge is 2.17. The first kappa shape index (κ1) is 13.4. The van der Waals surface area contributed by atoms with Crippen molar-refractivity contribution in [2.45, 2.75) is 52.0 Å². The van der Waals surface area contributed by atoms with E-state index in [4.69, 9.17) is 5.73 Å². The predicted molar refractivity (Wildman–Crippen MR) is 79.2 cm³/mol. The molecule has 0 amide bonds.